The molecule has 54 heavy (non-hydrogen) atoms. The molecule has 0 radical (unpaired) electrons. The Labute approximate surface area is 314 Å². The minimum Gasteiger partial charge on any atom is -0.496 e. The predicted octanol–water partition coefficient (Wildman–Crippen LogP) is 9.38. The number of hydrogen-bond donors (Lipinski definition) is 0. The number of aromatic nitrogens is 1. The Bertz CT molecular complexity index is 1820. The quantitative estimate of drug-likeness (QED) is 0.0242. The minimum absolute atomic E-state index is 0.0718. The molecule has 3 aromatic carbocycles. The molecule has 0 aliphatic rings. The van der Waals surface area contributed by atoms with E-state index >= 15 is 0 Å². The van der Waals surface area contributed by atoms with Crippen LogP contribution in [0.25, 0.3) is 0 Å². The van der Waals surface area contributed by atoms with Crippen molar-refractivity contribution >= 4 is 32.7 Å². The van der Waals surface area contributed by atoms with Crippen LogP contribution in [0, 0.1) is 0 Å². The van der Waals surface area contributed by atoms with Crippen molar-refractivity contribution in [1.82, 2.24) is 0 Å². The number of rotatable bonds is 14. The number of alkyl halides is 6. The molecule has 0 spiro atoms. The molecule has 0 unspecified atom stereocenters. The van der Waals surface area contributed by atoms with Crippen molar-refractivity contribution in [3.8, 4) is 23.0 Å². The Morgan fingerprint density at radius 2 is 1.17 bits per heavy atom. The smallest absolute Gasteiger partial charge is 0.416 e. The summed E-state index contributed by atoms with van der Waals surface area (Å²) in [7, 11) is 1.90. The SMILES string of the molecule is COc1cccc(OC)c1P(N=C(OC[C@@H](/C(C)=C/C[Si](C)(C)C)[n+]1ccccc1)c1cc(C(F)(F)F)cc(C(F)(F)F)c1)c1c(OC)cccc1OC. The van der Waals surface area contributed by atoms with Crippen LogP contribution < -0.4 is 34.1 Å². The second-order valence-corrected chi connectivity index (χ2v) is 20.6. The molecule has 1 atom stereocenters. The predicted molar refractivity (Wildman–Crippen MR) is 202 cm³/mol. The van der Waals surface area contributed by atoms with Crippen LogP contribution >= 0.6 is 8.07 Å². The summed E-state index contributed by atoms with van der Waals surface area (Å²) in [5, 5.41) is 0.703. The number of methoxy groups -OCH3 is 4. The van der Waals surface area contributed by atoms with Gasteiger partial charge in [0.05, 0.1) is 58.2 Å². The molecule has 0 N–H and O–H groups in total. The zero-order valence-corrected chi connectivity index (χ0v) is 33.2. The zero-order valence-electron chi connectivity index (χ0n) is 31.3. The fraction of sp³-hybridized carbons (Fsp3) is 0.333. The van der Waals surface area contributed by atoms with Crippen molar-refractivity contribution in [3.05, 3.63) is 114 Å². The summed E-state index contributed by atoms with van der Waals surface area (Å²) >= 11 is 0. The van der Waals surface area contributed by atoms with Crippen LogP contribution in [0.5, 0.6) is 23.0 Å². The maximum Gasteiger partial charge on any atom is 0.416 e. The lowest BCUT2D eigenvalue weighted by Gasteiger charge is -2.24. The van der Waals surface area contributed by atoms with Crippen LogP contribution in [0.3, 0.4) is 0 Å². The molecule has 4 rings (SSSR count). The summed E-state index contributed by atoms with van der Waals surface area (Å²) < 4.78 is 122. The molecule has 0 saturated carbocycles. The summed E-state index contributed by atoms with van der Waals surface area (Å²) in [4.78, 5) is 0. The van der Waals surface area contributed by atoms with E-state index in [1.165, 1.54) is 28.4 Å². The molecule has 4 aromatic rings. The number of benzene rings is 3. The van der Waals surface area contributed by atoms with Gasteiger partial charge in [0, 0.05) is 25.8 Å². The molecule has 0 fully saturated rings. The van der Waals surface area contributed by atoms with Gasteiger partial charge in [-0.2, -0.15) is 30.9 Å². The highest BCUT2D eigenvalue weighted by Crippen LogP contribution is 2.48. The van der Waals surface area contributed by atoms with Gasteiger partial charge in [-0.3, -0.25) is 0 Å². The van der Waals surface area contributed by atoms with Gasteiger partial charge in [-0.25, -0.2) is 4.76 Å². The average molecular weight is 794 g/mol. The van der Waals surface area contributed by atoms with Crippen LogP contribution in [-0.4, -0.2) is 49.0 Å². The number of hydrogen-bond acceptors (Lipinski definition) is 6. The van der Waals surface area contributed by atoms with E-state index in [2.05, 4.69) is 25.7 Å². The molecule has 15 heteroatoms. The third kappa shape index (κ3) is 10.6. The third-order valence-electron chi connectivity index (χ3n) is 8.29. The van der Waals surface area contributed by atoms with Crippen LogP contribution in [0.15, 0.2) is 102 Å². The van der Waals surface area contributed by atoms with Crippen LogP contribution in [-0.2, 0) is 17.1 Å². The average Bonchev–Trinajstić information content (AvgIpc) is 3.14. The highest BCUT2D eigenvalue weighted by molar-refractivity contribution is 7.72. The van der Waals surface area contributed by atoms with E-state index in [4.69, 9.17) is 28.4 Å². The van der Waals surface area contributed by atoms with E-state index in [0.29, 0.717) is 45.7 Å². The second kappa shape index (κ2) is 17.7. The molecular formula is C39H44F6N2O5PSi+. The summed E-state index contributed by atoms with van der Waals surface area (Å²) in [6.07, 6.45) is -4.51. The van der Waals surface area contributed by atoms with Gasteiger partial charge in [0.25, 0.3) is 0 Å². The van der Waals surface area contributed by atoms with E-state index in [9.17, 15) is 26.3 Å². The van der Waals surface area contributed by atoms with E-state index in [1.54, 1.807) is 36.4 Å². The molecule has 7 nitrogen and oxygen atoms in total. The fourth-order valence-electron chi connectivity index (χ4n) is 5.47. The third-order valence-corrected chi connectivity index (χ3v) is 11.8. The maximum absolute atomic E-state index is 14.3. The van der Waals surface area contributed by atoms with E-state index in [-0.39, 0.29) is 12.7 Å². The highest BCUT2D eigenvalue weighted by atomic mass is 31.1. The molecule has 1 heterocycles. The number of allylic oxidation sites excluding steroid dienone is 1. The van der Waals surface area contributed by atoms with Crippen molar-refractivity contribution < 1.29 is 54.6 Å². The Balaban J connectivity index is 2.10. The first kappa shape index (κ1) is 42.2. The standard InChI is InChI=1S/C39H44F6N2O5PSi/c1-26(18-21-54(6,7)8)30(47-19-10-9-11-20-47)25-52-37(27-22-28(38(40,41)42)24-29(23-27)39(43,44)45)46-53(35-31(48-2)14-12-15-32(35)49-3)36-33(50-4)16-13-17-34(36)51-5/h9-20,22-24,30H,21,25H2,1-8H3/q+1/b26-18+,46-37?/t30-/m0/s1. The molecule has 1 aromatic heterocycles. The van der Waals surface area contributed by atoms with Crippen molar-refractivity contribution in [2.75, 3.05) is 35.0 Å². The number of halogens is 6. The van der Waals surface area contributed by atoms with Gasteiger partial charge in [-0.15, -0.1) is 0 Å². The van der Waals surface area contributed by atoms with E-state index in [1.807, 2.05) is 42.1 Å². The number of nitrogens with zero attached hydrogens (tertiary/aromatic N) is 2. The summed E-state index contributed by atoms with van der Waals surface area (Å²) in [6, 6.07) is 17.0. The van der Waals surface area contributed by atoms with Crippen LogP contribution in [0.4, 0.5) is 26.3 Å². The first-order valence-corrected chi connectivity index (χ1v) is 21.8. The molecule has 0 bridgehead atoms. The summed E-state index contributed by atoms with van der Waals surface area (Å²) in [6.45, 7) is 8.37. The van der Waals surface area contributed by atoms with Gasteiger partial charge in [0.1, 0.15) is 23.0 Å². The monoisotopic (exact) mass is 793 g/mol. The van der Waals surface area contributed by atoms with Crippen molar-refractivity contribution in [1.29, 1.82) is 0 Å². The van der Waals surface area contributed by atoms with Gasteiger partial charge in [-0.05, 0) is 61.0 Å². The normalized spacial score (nSPS) is 13.5. The molecular weight excluding hydrogens is 749 g/mol. The Morgan fingerprint density at radius 3 is 1.56 bits per heavy atom. The zero-order chi connectivity index (χ0) is 39.8. The van der Waals surface area contributed by atoms with Gasteiger partial charge >= 0.3 is 12.4 Å². The van der Waals surface area contributed by atoms with E-state index in [0.717, 1.165) is 11.6 Å². The second-order valence-electron chi connectivity index (χ2n) is 13.4. The van der Waals surface area contributed by atoms with Crippen LogP contribution in [0.2, 0.25) is 25.7 Å². The topological polar surface area (TPSA) is 62.4 Å². The Kier molecular flexibility index (Phi) is 13.8. The van der Waals surface area contributed by atoms with Crippen molar-refractivity contribution in [2.24, 2.45) is 4.76 Å². The minimum atomic E-state index is -5.12. The lowest BCUT2D eigenvalue weighted by molar-refractivity contribution is -0.715. The Morgan fingerprint density at radius 1 is 0.722 bits per heavy atom. The lowest BCUT2D eigenvalue weighted by atomic mass is 10.0. The van der Waals surface area contributed by atoms with Gasteiger partial charge in [0.15, 0.2) is 19.0 Å². The largest absolute Gasteiger partial charge is 0.496 e. The lowest BCUT2D eigenvalue weighted by Crippen LogP contribution is -2.42. The summed E-state index contributed by atoms with van der Waals surface area (Å²) in [5.41, 5.74) is -2.67. The van der Waals surface area contributed by atoms with Crippen LogP contribution in [0.1, 0.15) is 29.7 Å². The summed E-state index contributed by atoms with van der Waals surface area (Å²) in [5.74, 6) is 0.690. The molecule has 290 valence electrons. The van der Waals surface area contributed by atoms with Gasteiger partial charge in [0.2, 0.25) is 11.9 Å². The highest BCUT2D eigenvalue weighted by Gasteiger charge is 2.38. The maximum atomic E-state index is 14.3. The first-order chi connectivity index (χ1) is 25.4. The Hall–Kier alpha value is -4.55. The first-order valence-electron chi connectivity index (χ1n) is 16.8. The molecule has 0 saturated heterocycles. The molecule has 0 aliphatic carbocycles. The fourth-order valence-corrected chi connectivity index (χ4v) is 8.68. The van der Waals surface area contributed by atoms with E-state index < -0.39 is 57.1 Å². The molecule has 0 amide bonds. The number of pyridine rings is 1. The molecule has 0 aliphatic heterocycles. The van der Waals surface area contributed by atoms with Crippen molar-refractivity contribution in [3.63, 3.8) is 0 Å². The van der Waals surface area contributed by atoms with Crippen molar-refractivity contribution in [2.45, 2.75) is 51.0 Å². The van der Waals surface area contributed by atoms with Gasteiger partial charge in [-0.1, -0.05) is 43.9 Å². The number of ether oxygens (including phenoxy) is 5. The van der Waals surface area contributed by atoms with Gasteiger partial charge < -0.3 is 23.7 Å².